The number of anilines is 1. The molecule has 9 heteroatoms. The van der Waals surface area contributed by atoms with Gasteiger partial charge in [0.2, 0.25) is 11.8 Å². The molecule has 0 aliphatic rings. The second-order valence-electron chi connectivity index (χ2n) is 6.55. The van der Waals surface area contributed by atoms with Gasteiger partial charge in [0, 0.05) is 17.5 Å². The van der Waals surface area contributed by atoms with Crippen LogP contribution in [0.15, 0.2) is 21.9 Å². The molecule has 8 nitrogen and oxygen atoms in total. The highest BCUT2D eigenvalue weighted by molar-refractivity contribution is 7.15. The lowest BCUT2D eigenvalue weighted by Gasteiger charge is -2.16. The van der Waals surface area contributed by atoms with E-state index in [2.05, 4.69) is 10.6 Å². The van der Waals surface area contributed by atoms with E-state index in [4.69, 9.17) is 9.15 Å². The molecule has 0 unspecified atom stereocenters. The number of amides is 2. The lowest BCUT2D eigenvalue weighted by atomic mass is 10.1. The number of furan rings is 1. The zero-order chi connectivity index (χ0) is 21.4. The summed E-state index contributed by atoms with van der Waals surface area (Å²) in [6.45, 7) is 6.44. The summed E-state index contributed by atoms with van der Waals surface area (Å²) in [5.41, 5.74) is 0.840. The first-order valence-corrected chi connectivity index (χ1v) is 10.3. The number of carbonyl (C=O) groups is 3. The number of rotatable bonds is 10. The Kier molecular flexibility index (Phi) is 8.41. The van der Waals surface area contributed by atoms with E-state index in [9.17, 15) is 14.4 Å². The Morgan fingerprint density at radius 2 is 1.90 bits per heavy atom. The van der Waals surface area contributed by atoms with Crippen LogP contribution in [0.3, 0.4) is 0 Å². The van der Waals surface area contributed by atoms with Crippen LogP contribution in [0.25, 0.3) is 11.3 Å². The maximum atomic E-state index is 12.5. The molecule has 0 fully saturated rings. The first kappa shape index (κ1) is 22.6. The number of aryl methyl sites for hydroxylation is 1. The minimum absolute atomic E-state index is 0.00883. The Morgan fingerprint density at radius 1 is 1.17 bits per heavy atom. The van der Waals surface area contributed by atoms with Crippen molar-refractivity contribution in [3.63, 3.8) is 0 Å². The zero-order valence-corrected chi connectivity index (χ0v) is 18.0. The second-order valence-corrected chi connectivity index (χ2v) is 7.43. The summed E-state index contributed by atoms with van der Waals surface area (Å²) in [5.74, 6) is 0.258. The van der Waals surface area contributed by atoms with Crippen molar-refractivity contribution in [3.8, 4) is 11.3 Å². The number of thiophene rings is 1. The third-order valence-corrected chi connectivity index (χ3v) is 4.82. The molecule has 0 aliphatic heterocycles. The van der Waals surface area contributed by atoms with E-state index in [1.165, 1.54) is 11.3 Å². The van der Waals surface area contributed by atoms with Gasteiger partial charge in [0.05, 0.1) is 19.7 Å². The van der Waals surface area contributed by atoms with Crippen LogP contribution in [-0.2, 0) is 14.3 Å². The van der Waals surface area contributed by atoms with Gasteiger partial charge in [-0.25, -0.2) is 4.79 Å². The number of nitrogens with one attached hydrogen (secondary N) is 2. The van der Waals surface area contributed by atoms with Crippen molar-refractivity contribution >= 4 is 34.1 Å². The van der Waals surface area contributed by atoms with E-state index in [1.54, 1.807) is 36.4 Å². The van der Waals surface area contributed by atoms with Crippen LogP contribution >= 0.6 is 11.3 Å². The Labute approximate surface area is 174 Å². The van der Waals surface area contributed by atoms with E-state index >= 15 is 0 Å². The minimum Gasteiger partial charge on any atom is -0.462 e. The molecule has 2 amide bonds. The average Bonchev–Trinajstić information content (AvgIpc) is 3.25. The van der Waals surface area contributed by atoms with Crippen LogP contribution in [-0.4, -0.2) is 56.0 Å². The summed E-state index contributed by atoms with van der Waals surface area (Å²) < 4.78 is 10.8. The van der Waals surface area contributed by atoms with Crippen LogP contribution in [0.1, 0.15) is 36.4 Å². The molecule has 0 atom stereocenters. The zero-order valence-electron chi connectivity index (χ0n) is 17.2. The summed E-state index contributed by atoms with van der Waals surface area (Å²) in [6.07, 6.45) is 0.850. The van der Waals surface area contributed by atoms with E-state index in [-0.39, 0.29) is 37.1 Å². The number of esters is 1. The van der Waals surface area contributed by atoms with Crippen molar-refractivity contribution in [2.45, 2.75) is 27.2 Å². The number of hydrogen-bond donors (Lipinski definition) is 2. The molecule has 0 saturated carbocycles. The van der Waals surface area contributed by atoms with Gasteiger partial charge in [0.25, 0.3) is 0 Å². The van der Waals surface area contributed by atoms with Crippen molar-refractivity contribution in [1.29, 1.82) is 0 Å². The Hall–Kier alpha value is -2.65. The van der Waals surface area contributed by atoms with Crippen LogP contribution in [0, 0.1) is 6.92 Å². The summed E-state index contributed by atoms with van der Waals surface area (Å²) in [5, 5.41) is 7.67. The van der Waals surface area contributed by atoms with Gasteiger partial charge in [-0.05, 0) is 39.4 Å². The van der Waals surface area contributed by atoms with Crippen molar-refractivity contribution in [3.05, 3.63) is 28.8 Å². The van der Waals surface area contributed by atoms with Crippen molar-refractivity contribution in [2.24, 2.45) is 0 Å². The molecule has 2 N–H and O–H groups in total. The quantitative estimate of drug-likeness (QED) is 0.572. The van der Waals surface area contributed by atoms with E-state index in [1.807, 2.05) is 13.8 Å². The highest BCUT2D eigenvalue weighted by Gasteiger charge is 2.24. The molecular weight excluding hydrogens is 394 g/mol. The standard InChI is InChI=1S/C20H27N3O5S/c1-5-9-21-16(24)10-23(4)11-17(25)22-19-18(20(26)27-6-2)14(12-29-19)15-8-7-13(3)28-15/h7-8,12H,5-6,9-11H2,1-4H3,(H,21,24)(H,22,25). The number of likely N-dealkylation sites (N-methyl/N-ethyl adjacent to an activating group) is 1. The average molecular weight is 422 g/mol. The van der Waals surface area contributed by atoms with Gasteiger partial charge in [0.1, 0.15) is 22.1 Å². The number of carbonyl (C=O) groups excluding carboxylic acids is 3. The van der Waals surface area contributed by atoms with Crippen molar-refractivity contribution in [1.82, 2.24) is 10.2 Å². The molecule has 158 valence electrons. The predicted molar refractivity (Wildman–Crippen MR) is 112 cm³/mol. The van der Waals surface area contributed by atoms with Crippen molar-refractivity contribution < 1.29 is 23.5 Å². The first-order valence-electron chi connectivity index (χ1n) is 9.46. The summed E-state index contributed by atoms with van der Waals surface area (Å²) in [4.78, 5) is 38.3. The van der Waals surface area contributed by atoms with Gasteiger partial charge < -0.3 is 19.8 Å². The van der Waals surface area contributed by atoms with Crippen LogP contribution in [0.4, 0.5) is 5.00 Å². The number of ether oxygens (including phenoxy) is 1. The van der Waals surface area contributed by atoms with E-state index in [0.29, 0.717) is 22.9 Å². The van der Waals surface area contributed by atoms with E-state index < -0.39 is 5.97 Å². The van der Waals surface area contributed by atoms with Crippen LogP contribution in [0.5, 0.6) is 0 Å². The van der Waals surface area contributed by atoms with Crippen LogP contribution in [0.2, 0.25) is 0 Å². The lowest BCUT2D eigenvalue weighted by Crippen LogP contribution is -2.39. The van der Waals surface area contributed by atoms with Gasteiger partial charge in [0.15, 0.2) is 0 Å². The number of nitrogens with zero attached hydrogens (tertiary/aromatic N) is 1. The fourth-order valence-electron chi connectivity index (χ4n) is 2.65. The highest BCUT2D eigenvalue weighted by Crippen LogP contribution is 2.37. The lowest BCUT2D eigenvalue weighted by molar-refractivity contribution is -0.122. The van der Waals surface area contributed by atoms with Gasteiger partial charge in [-0.15, -0.1) is 11.3 Å². The Bertz CT molecular complexity index is 858. The monoisotopic (exact) mass is 421 g/mol. The highest BCUT2D eigenvalue weighted by atomic mass is 32.1. The fourth-order valence-corrected chi connectivity index (χ4v) is 3.60. The smallest absolute Gasteiger partial charge is 0.341 e. The molecule has 2 rings (SSSR count). The molecular formula is C20H27N3O5S. The van der Waals surface area contributed by atoms with Gasteiger partial charge in [-0.1, -0.05) is 6.92 Å². The SMILES string of the molecule is CCCNC(=O)CN(C)CC(=O)Nc1scc(-c2ccc(C)o2)c1C(=O)OCC. The summed E-state index contributed by atoms with van der Waals surface area (Å²) in [7, 11) is 1.68. The summed E-state index contributed by atoms with van der Waals surface area (Å²) in [6, 6.07) is 3.58. The predicted octanol–water partition coefficient (Wildman–Crippen LogP) is 2.89. The number of hydrogen-bond acceptors (Lipinski definition) is 7. The molecule has 29 heavy (non-hydrogen) atoms. The normalized spacial score (nSPS) is 10.8. The Balaban J connectivity index is 2.11. The third-order valence-electron chi connectivity index (χ3n) is 3.93. The second kappa shape index (κ2) is 10.8. The maximum absolute atomic E-state index is 12.5. The molecule has 2 aromatic rings. The van der Waals surface area contributed by atoms with Gasteiger partial charge >= 0.3 is 5.97 Å². The topological polar surface area (TPSA) is 101 Å². The fraction of sp³-hybridized carbons (Fsp3) is 0.450. The molecule has 0 spiro atoms. The first-order chi connectivity index (χ1) is 13.8. The molecule has 0 bridgehead atoms. The minimum atomic E-state index is -0.527. The molecule has 2 aromatic heterocycles. The third kappa shape index (κ3) is 6.43. The molecule has 2 heterocycles. The maximum Gasteiger partial charge on any atom is 0.341 e. The van der Waals surface area contributed by atoms with Crippen molar-refractivity contribution in [2.75, 3.05) is 38.6 Å². The summed E-state index contributed by atoms with van der Waals surface area (Å²) >= 11 is 1.22. The van der Waals surface area contributed by atoms with Gasteiger partial charge in [-0.3, -0.25) is 14.5 Å². The van der Waals surface area contributed by atoms with Gasteiger partial charge in [-0.2, -0.15) is 0 Å². The van der Waals surface area contributed by atoms with Crippen LogP contribution < -0.4 is 10.6 Å². The molecule has 0 radical (unpaired) electrons. The largest absolute Gasteiger partial charge is 0.462 e. The Morgan fingerprint density at radius 3 is 2.52 bits per heavy atom. The molecule has 0 saturated heterocycles. The molecule has 0 aliphatic carbocycles. The molecule has 0 aromatic carbocycles. The van der Waals surface area contributed by atoms with E-state index in [0.717, 1.165) is 12.2 Å².